The normalized spacial score (nSPS) is 56.2. The summed E-state index contributed by atoms with van der Waals surface area (Å²) >= 11 is 0. The first-order valence-electron chi connectivity index (χ1n) is 8.91. The second-order valence-electron chi connectivity index (χ2n) is 8.96. The molecule has 1 saturated heterocycles. The summed E-state index contributed by atoms with van der Waals surface area (Å²) in [5, 5.41) is 10.9. The van der Waals surface area contributed by atoms with Crippen LogP contribution in [-0.4, -0.2) is 23.4 Å². The highest BCUT2D eigenvalue weighted by Crippen LogP contribution is 2.63. The summed E-state index contributed by atoms with van der Waals surface area (Å²) in [5.74, 6) is 1.07. The lowest BCUT2D eigenvalue weighted by molar-refractivity contribution is -0.126. The average molecular weight is 290 g/mol. The van der Waals surface area contributed by atoms with E-state index in [1.54, 1.807) is 5.57 Å². The summed E-state index contributed by atoms with van der Waals surface area (Å²) in [4.78, 5) is 0. The standard InChI is InChI=1S/C19H30O2/c1-17-10-7-14-13(16(17)21-12-11-17)5-6-15-18(14,2)8-4-9-19(15,3)20/h5,14-16,20H,4,6-12H2,1-3H3/t14-,15+,16+,17+,18+,19-/m0/s1. The maximum absolute atomic E-state index is 10.9. The lowest BCUT2D eigenvalue weighted by Crippen LogP contribution is -2.56. The first kappa shape index (κ1) is 14.3. The van der Waals surface area contributed by atoms with E-state index >= 15 is 0 Å². The van der Waals surface area contributed by atoms with Crippen molar-refractivity contribution in [3.63, 3.8) is 0 Å². The molecule has 21 heavy (non-hydrogen) atoms. The first-order chi connectivity index (χ1) is 9.87. The van der Waals surface area contributed by atoms with Gasteiger partial charge in [-0.3, -0.25) is 0 Å². The zero-order chi connectivity index (χ0) is 14.9. The summed E-state index contributed by atoms with van der Waals surface area (Å²) in [5.41, 5.74) is 1.77. The lowest BCUT2D eigenvalue weighted by atomic mass is 9.47. The van der Waals surface area contributed by atoms with Crippen LogP contribution in [0.3, 0.4) is 0 Å². The van der Waals surface area contributed by atoms with Crippen LogP contribution in [-0.2, 0) is 4.74 Å². The highest BCUT2D eigenvalue weighted by molar-refractivity contribution is 5.29. The van der Waals surface area contributed by atoms with Gasteiger partial charge in [-0.2, -0.15) is 0 Å². The van der Waals surface area contributed by atoms with Crippen LogP contribution in [0.1, 0.15) is 65.7 Å². The van der Waals surface area contributed by atoms with Crippen molar-refractivity contribution in [1.29, 1.82) is 0 Å². The zero-order valence-electron chi connectivity index (χ0n) is 13.8. The molecule has 3 fully saturated rings. The Morgan fingerprint density at radius 2 is 1.95 bits per heavy atom. The van der Waals surface area contributed by atoms with Gasteiger partial charge >= 0.3 is 0 Å². The lowest BCUT2D eigenvalue weighted by Gasteiger charge is -2.59. The Hall–Kier alpha value is -0.340. The minimum atomic E-state index is -0.480. The Morgan fingerprint density at radius 1 is 1.14 bits per heavy atom. The van der Waals surface area contributed by atoms with Gasteiger partial charge in [0.15, 0.2) is 0 Å². The predicted octanol–water partition coefficient (Wildman–Crippen LogP) is 4.08. The maximum Gasteiger partial charge on any atom is 0.0842 e. The number of hydrogen-bond acceptors (Lipinski definition) is 2. The molecule has 0 amide bonds. The number of ether oxygens (including phenoxy) is 1. The van der Waals surface area contributed by atoms with E-state index in [1.807, 2.05) is 0 Å². The van der Waals surface area contributed by atoms with Gasteiger partial charge < -0.3 is 9.84 Å². The van der Waals surface area contributed by atoms with Gasteiger partial charge in [0.25, 0.3) is 0 Å². The smallest absolute Gasteiger partial charge is 0.0842 e. The van der Waals surface area contributed by atoms with E-state index in [0.29, 0.717) is 23.4 Å². The van der Waals surface area contributed by atoms with Crippen LogP contribution in [0.5, 0.6) is 0 Å². The van der Waals surface area contributed by atoms with Crippen molar-refractivity contribution in [2.45, 2.75) is 77.4 Å². The van der Waals surface area contributed by atoms with Gasteiger partial charge in [0.2, 0.25) is 0 Å². The summed E-state index contributed by atoms with van der Waals surface area (Å²) in [7, 11) is 0. The predicted molar refractivity (Wildman–Crippen MR) is 84.0 cm³/mol. The van der Waals surface area contributed by atoms with Gasteiger partial charge in [0.1, 0.15) is 0 Å². The molecular formula is C19H30O2. The molecule has 4 rings (SSSR count). The fraction of sp³-hybridized carbons (Fsp3) is 0.895. The summed E-state index contributed by atoms with van der Waals surface area (Å²) in [6, 6.07) is 0. The van der Waals surface area contributed by atoms with Crippen molar-refractivity contribution < 1.29 is 9.84 Å². The molecule has 0 aromatic rings. The van der Waals surface area contributed by atoms with E-state index in [0.717, 1.165) is 19.4 Å². The number of allylic oxidation sites excluding steroid dienone is 1. The van der Waals surface area contributed by atoms with Crippen molar-refractivity contribution in [1.82, 2.24) is 0 Å². The highest BCUT2D eigenvalue weighted by Gasteiger charge is 2.58. The van der Waals surface area contributed by atoms with Gasteiger partial charge in [-0.1, -0.05) is 26.3 Å². The van der Waals surface area contributed by atoms with Gasteiger partial charge in [-0.05, 0) is 73.7 Å². The van der Waals surface area contributed by atoms with Crippen LogP contribution in [0.25, 0.3) is 0 Å². The minimum Gasteiger partial charge on any atom is -0.390 e. The molecule has 0 unspecified atom stereocenters. The molecule has 0 radical (unpaired) electrons. The molecule has 2 nitrogen and oxygen atoms in total. The Morgan fingerprint density at radius 3 is 2.76 bits per heavy atom. The van der Waals surface area contributed by atoms with E-state index in [-0.39, 0.29) is 5.41 Å². The second-order valence-corrected chi connectivity index (χ2v) is 8.96. The van der Waals surface area contributed by atoms with E-state index in [9.17, 15) is 5.11 Å². The van der Waals surface area contributed by atoms with E-state index < -0.39 is 5.60 Å². The summed E-state index contributed by atoms with van der Waals surface area (Å²) < 4.78 is 6.18. The monoisotopic (exact) mass is 290 g/mol. The Bertz CT molecular complexity index is 480. The topological polar surface area (TPSA) is 29.5 Å². The molecule has 2 saturated carbocycles. The third-order valence-electron chi connectivity index (χ3n) is 7.63. The van der Waals surface area contributed by atoms with Gasteiger partial charge in [-0.15, -0.1) is 0 Å². The molecule has 0 spiro atoms. The Kier molecular flexibility index (Phi) is 2.96. The van der Waals surface area contributed by atoms with Gasteiger partial charge in [-0.25, -0.2) is 0 Å². The van der Waals surface area contributed by atoms with Crippen LogP contribution < -0.4 is 0 Å². The van der Waals surface area contributed by atoms with E-state index in [4.69, 9.17) is 4.74 Å². The number of fused-ring (bicyclic) bond motifs is 5. The quantitative estimate of drug-likeness (QED) is 0.681. The molecule has 118 valence electrons. The Balaban J connectivity index is 1.74. The number of rotatable bonds is 0. The molecule has 1 N–H and O–H groups in total. The van der Waals surface area contributed by atoms with Gasteiger partial charge in [0, 0.05) is 6.61 Å². The molecule has 4 aliphatic rings. The van der Waals surface area contributed by atoms with Crippen LogP contribution in [0, 0.1) is 22.7 Å². The molecule has 1 aliphatic heterocycles. The number of hydrogen-bond donors (Lipinski definition) is 1. The first-order valence-corrected chi connectivity index (χ1v) is 8.91. The Labute approximate surface area is 129 Å². The molecule has 2 heteroatoms. The summed E-state index contributed by atoms with van der Waals surface area (Å²) in [6.07, 6.45) is 11.1. The van der Waals surface area contributed by atoms with Crippen molar-refractivity contribution in [3.8, 4) is 0 Å². The molecule has 1 heterocycles. The maximum atomic E-state index is 10.9. The zero-order valence-corrected chi connectivity index (χ0v) is 13.8. The van der Waals surface area contributed by atoms with Crippen LogP contribution in [0.2, 0.25) is 0 Å². The summed E-state index contributed by atoms with van der Waals surface area (Å²) in [6.45, 7) is 7.89. The highest BCUT2D eigenvalue weighted by atomic mass is 16.5. The SMILES string of the molecule is C[C@@]12CCO[C@@H]1C1=CC[C@@H]3[C@](C)(CCC[C@]3(C)O)[C@H]1CC2. The van der Waals surface area contributed by atoms with Crippen molar-refractivity contribution in [3.05, 3.63) is 11.6 Å². The van der Waals surface area contributed by atoms with E-state index in [1.165, 1.54) is 32.1 Å². The third kappa shape index (κ3) is 1.84. The van der Waals surface area contributed by atoms with Crippen LogP contribution in [0.4, 0.5) is 0 Å². The fourth-order valence-corrected chi connectivity index (χ4v) is 6.36. The molecule has 0 aromatic heterocycles. The molecule has 3 aliphatic carbocycles. The third-order valence-corrected chi connectivity index (χ3v) is 7.63. The molecule has 6 atom stereocenters. The fourth-order valence-electron chi connectivity index (χ4n) is 6.36. The minimum absolute atomic E-state index is 0.277. The van der Waals surface area contributed by atoms with Crippen LogP contribution in [0.15, 0.2) is 11.6 Å². The number of aliphatic hydroxyl groups is 1. The second kappa shape index (κ2) is 4.35. The van der Waals surface area contributed by atoms with Crippen molar-refractivity contribution in [2.75, 3.05) is 6.61 Å². The van der Waals surface area contributed by atoms with Crippen molar-refractivity contribution >= 4 is 0 Å². The van der Waals surface area contributed by atoms with E-state index in [2.05, 4.69) is 26.8 Å². The molecule has 0 bridgehead atoms. The molecular weight excluding hydrogens is 260 g/mol. The van der Waals surface area contributed by atoms with Crippen molar-refractivity contribution in [2.24, 2.45) is 22.7 Å². The van der Waals surface area contributed by atoms with Crippen LogP contribution >= 0.6 is 0 Å². The largest absolute Gasteiger partial charge is 0.390 e. The molecule has 0 aromatic carbocycles. The van der Waals surface area contributed by atoms with Gasteiger partial charge in [0.05, 0.1) is 11.7 Å². The average Bonchev–Trinajstić information content (AvgIpc) is 2.79.